The number of rotatable bonds is 8. The molecule has 29 heavy (non-hydrogen) atoms. The number of hydrogen-bond acceptors (Lipinski definition) is 6. The van der Waals surface area contributed by atoms with Crippen LogP contribution in [0.3, 0.4) is 0 Å². The number of hydrogen-bond donors (Lipinski definition) is 2. The van der Waals surface area contributed by atoms with Gasteiger partial charge in [-0.1, -0.05) is 33.6 Å². The second kappa shape index (κ2) is 10.7. The van der Waals surface area contributed by atoms with Crippen LogP contribution in [0.5, 0.6) is 11.5 Å². The molecule has 0 radical (unpaired) electrons. The molecule has 0 atom stereocenters. The Morgan fingerprint density at radius 3 is 2.45 bits per heavy atom. The van der Waals surface area contributed by atoms with Crippen molar-refractivity contribution in [3.63, 3.8) is 0 Å². The fourth-order valence-electron chi connectivity index (χ4n) is 2.23. The van der Waals surface area contributed by atoms with Crippen LogP contribution in [0, 0.1) is 0 Å². The Bertz CT molecular complexity index is 922. The van der Waals surface area contributed by atoms with Gasteiger partial charge in [0.2, 0.25) is 0 Å². The summed E-state index contributed by atoms with van der Waals surface area (Å²) in [5.74, 6) is -1.14. The zero-order valence-electron chi connectivity index (χ0n) is 15.6. The quantitative estimate of drug-likeness (QED) is 0.557. The molecule has 2 aromatic rings. The van der Waals surface area contributed by atoms with Crippen LogP contribution in [0.1, 0.15) is 10.4 Å². The van der Waals surface area contributed by atoms with E-state index in [9.17, 15) is 14.4 Å². The van der Waals surface area contributed by atoms with Gasteiger partial charge in [-0.25, -0.2) is 0 Å². The molecule has 0 unspecified atom stereocenters. The van der Waals surface area contributed by atoms with Crippen molar-refractivity contribution in [2.45, 2.75) is 0 Å². The highest BCUT2D eigenvalue weighted by atomic mass is 79.9. The van der Waals surface area contributed by atoms with Gasteiger partial charge in [-0.05, 0) is 18.2 Å². The van der Waals surface area contributed by atoms with Gasteiger partial charge in [0, 0.05) is 22.2 Å². The first-order chi connectivity index (χ1) is 13.8. The van der Waals surface area contributed by atoms with E-state index >= 15 is 0 Å². The van der Waals surface area contributed by atoms with Crippen LogP contribution in [-0.4, -0.2) is 45.2 Å². The van der Waals surface area contributed by atoms with E-state index in [1.165, 1.54) is 26.4 Å². The summed E-state index contributed by atoms with van der Waals surface area (Å²) in [6.07, 6.45) is 0. The smallest absolute Gasteiger partial charge is 0.325 e. The molecular formula is C19H18BrClN2O6. The minimum absolute atomic E-state index is 0.303. The van der Waals surface area contributed by atoms with E-state index in [1.807, 2.05) is 0 Å². The third kappa shape index (κ3) is 6.65. The van der Waals surface area contributed by atoms with Crippen LogP contribution in [-0.2, 0) is 14.3 Å². The molecule has 2 N–H and O–H groups in total. The number of nitrogens with one attached hydrogen (secondary N) is 2. The first-order valence-electron chi connectivity index (χ1n) is 8.24. The predicted octanol–water partition coefficient (Wildman–Crippen LogP) is 3.03. The normalized spacial score (nSPS) is 10.1. The summed E-state index contributed by atoms with van der Waals surface area (Å²) in [5.41, 5.74) is 0.687. The van der Waals surface area contributed by atoms with E-state index < -0.39 is 24.4 Å². The number of benzene rings is 2. The van der Waals surface area contributed by atoms with Crippen LogP contribution in [0.15, 0.2) is 40.9 Å². The molecule has 0 bridgehead atoms. The fourth-order valence-corrected chi connectivity index (χ4v) is 2.86. The van der Waals surface area contributed by atoms with Gasteiger partial charge in [0.25, 0.3) is 11.8 Å². The van der Waals surface area contributed by atoms with E-state index in [2.05, 4.69) is 26.6 Å². The van der Waals surface area contributed by atoms with Gasteiger partial charge >= 0.3 is 5.97 Å². The van der Waals surface area contributed by atoms with Gasteiger partial charge in [-0.15, -0.1) is 0 Å². The maximum Gasteiger partial charge on any atom is 0.325 e. The zero-order chi connectivity index (χ0) is 21.4. The van der Waals surface area contributed by atoms with Gasteiger partial charge in [-0.2, -0.15) is 0 Å². The zero-order valence-corrected chi connectivity index (χ0v) is 17.9. The number of esters is 1. The van der Waals surface area contributed by atoms with Gasteiger partial charge in [-0.3, -0.25) is 14.4 Å². The molecule has 0 aliphatic heterocycles. The van der Waals surface area contributed by atoms with Gasteiger partial charge in [0.05, 0.1) is 24.9 Å². The van der Waals surface area contributed by atoms with Crippen molar-refractivity contribution in [3.05, 3.63) is 51.5 Å². The topological polar surface area (TPSA) is 103 Å². The fraction of sp³-hybridized carbons (Fsp3) is 0.211. The molecule has 0 saturated heterocycles. The molecule has 0 aliphatic rings. The summed E-state index contributed by atoms with van der Waals surface area (Å²) >= 11 is 9.27. The molecule has 0 aromatic heterocycles. The van der Waals surface area contributed by atoms with Gasteiger partial charge in [0.1, 0.15) is 18.0 Å². The molecule has 0 fully saturated rings. The highest BCUT2D eigenvalue weighted by molar-refractivity contribution is 9.10. The maximum atomic E-state index is 12.1. The van der Waals surface area contributed by atoms with Gasteiger partial charge in [0.15, 0.2) is 6.61 Å². The third-order valence-corrected chi connectivity index (χ3v) is 4.38. The summed E-state index contributed by atoms with van der Waals surface area (Å²) in [6.45, 7) is -0.920. The van der Waals surface area contributed by atoms with E-state index in [4.69, 9.17) is 25.8 Å². The van der Waals surface area contributed by atoms with Crippen LogP contribution in [0.2, 0.25) is 5.02 Å². The van der Waals surface area contributed by atoms with Crippen LogP contribution in [0.25, 0.3) is 0 Å². The molecule has 0 aliphatic carbocycles. The number of carbonyl (C=O) groups excluding carboxylic acids is 3. The minimum atomic E-state index is -0.760. The molecule has 0 saturated carbocycles. The summed E-state index contributed by atoms with van der Waals surface area (Å²) < 4.78 is 15.9. The van der Waals surface area contributed by atoms with Crippen molar-refractivity contribution in [2.75, 3.05) is 32.7 Å². The van der Waals surface area contributed by atoms with Crippen LogP contribution < -0.4 is 20.1 Å². The van der Waals surface area contributed by atoms with Crippen molar-refractivity contribution >= 4 is 51.0 Å². The molecule has 2 rings (SSSR count). The Morgan fingerprint density at radius 2 is 1.79 bits per heavy atom. The van der Waals surface area contributed by atoms with Crippen molar-refractivity contribution in [2.24, 2.45) is 0 Å². The molecular weight excluding hydrogens is 468 g/mol. The van der Waals surface area contributed by atoms with Crippen LogP contribution in [0.4, 0.5) is 5.69 Å². The van der Waals surface area contributed by atoms with E-state index in [0.717, 1.165) is 4.47 Å². The summed E-state index contributed by atoms with van der Waals surface area (Å²) in [7, 11) is 2.85. The Hall–Kier alpha value is -2.78. The maximum absolute atomic E-state index is 12.1. The summed E-state index contributed by atoms with van der Waals surface area (Å²) in [5, 5.41) is 5.28. The van der Waals surface area contributed by atoms with Crippen molar-refractivity contribution < 1.29 is 28.6 Å². The number of amides is 2. The summed E-state index contributed by atoms with van der Waals surface area (Å²) in [4.78, 5) is 35.8. The highest BCUT2D eigenvalue weighted by Gasteiger charge is 2.15. The number of halogens is 2. The van der Waals surface area contributed by atoms with Gasteiger partial charge < -0.3 is 24.8 Å². The Balaban J connectivity index is 1.84. The van der Waals surface area contributed by atoms with E-state index in [-0.39, 0.29) is 6.54 Å². The van der Waals surface area contributed by atoms with E-state index in [1.54, 1.807) is 24.3 Å². The second-order valence-electron chi connectivity index (χ2n) is 5.59. The standard InChI is InChI=1S/C19H18BrClN2O6/c1-27-15-8-14(16(28-2)7-13(15)21)23-17(24)10-29-18(25)9-22-19(26)11-4-3-5-12(20)6-11/h3-8H,9-10H2,1-2H3,(H,22,26)(H,23,24). The second-order valence-corrected chi connectivity index (χ2v) is 6.91. The molecule has 2 amide bonds. The third-order valence-electron chi connectivity index (χ3n) is 3.59. The molecule has 0 heterocycles. The Morgan fingerprint density at radius 1 is 1.07 bits per heavy atom. The molecule has 8 nitrogen and oxygen atoms in total. The number of ether oxygens (including phenoxy) is 3. The molecule has 10 heteroatoms. The predicted molar refractivity (Wildman–Crippen MR) is 111 cm³/mol. The number of anilines is 1. The molecule has 0 spiro atoms. The minimum Gasteiger partial charge on any atom is -0.495 e. The highest BCUT2D eigenvalue weighted by Crippen LogP contribution is 2.35. The first-order valence-corrected chi connectivity index (χ1v) is 9.42. The number of methoxy groups -OCH3 is 2. The lowest BCUT2D eigenvalue weighted by Crippen LogP contribution is -2.32. The molecule has 154 valence electrons. The Kier molecular flexibility index (Phi) is 8.29. The lowest BCUT2D eigenvalue weighted by Gasteiger charge is -2.13. The van der Waals surface area contributed by atoms with Crippen molar-refractivity contribution in [3.8, 4) is 11.5 Å². The lowest BCUT2D eigenvalue weighted by molar-refractivity contribution is -0.146. The van der Waals surface area contributed by atoms with Crippen LogP contribution >= 0.6 is 27.5 Å². The monoisotopic (exact) mass is 484 g/mol. The largest absolute Gasteiger partial charge is 0.495 e. The van der Waals surface area contributed by atoms with Crippen molar-refractivity contribution in [1.29, 1.82) is 0 Å². The van der Waals surface area contributed by atoms with E-state index in [0.29, 0.717) is 27.8 Å². The lowest BCUT2D eigenvalue weighted by atomic mass is 10.2. The molecule has 2 aromatic carbocycles. The average Bonchev–Trinajstić information content (AvgIpc) is 2.71. The Labute approximate surface area is 180 Å². The SMILES string of the molecule is COc1cc(NC(=O)COC(=O)CNC(=O)c2cccc(Br)c2)c(OC)cc1Cl. The van der Waals surface area contributed by atoms with Crippen molar-refractivity contribution in [1.82, 2.24) is 5.32 Å². The number of carbonyl (C=O) groups is 3. The first kappa shape index (κ1) is 22.5. The average molecular weight is 486 g/mol. The summed E-state index contributed by atoms with van der Waals surface area (Å²) in [6, 6.07) is 9.66.